The summed E-state index contributed by atoms with van der Waals surface area (Å²) < 4.78 is 45.4. The normalized spacial score (nSPS) is 26.7. The summed E-state index contributed by atoms with van der Waals surface area (Å²) >= 11 is 3.06. The van der Waals surface area contributed by atoms with E-state index in [4.69, 9.17) is 14.2 Å². The highest BCUT2D eigenvalue weighted by molar-refractivity contribution is 9.10. The van der Waals surface area contributed by atoms with Crippen molar-refractivity contribution in [1.29, 1.82) is 0 Å². The van der Waals surface area contributed by atoms with Gasteiger partial charge >= 0.3 is 0 Å². The van der Waals surface area contributed by atoms with E-state index in [-0.39, 0.29) is 22.4 Å². The van der Waals surface area contributed by atoms with Gasteiger partial charge in [0, 0.05) is 18.7 Å². The molecule has 2 heterocycles. The summed E-state index contributed by atoms with van der Waals surface area (Å²) in [6.07, 6.45) is -0.795. The van der Waals surface area contributed by atoms with E-state index in [0.29, 0.717) is 31.9 Å². The fourth-order valence-corrected chi connectivity index (χ4v) is 3.42. The number of nitrogens with zero attached hydrogens (tertiary/aromatic N) is 1. The largest absolute Gasteiger partial charge is 0.372 e. The molecule has 0 saturated carbocycles. The second-order valence-corrected chi connectivity index (χ2v) is 6.51. The van der Waals surface area contributed by atoms with Gasteiger partial charge in [-0.1, -0.05) is 0 Å². The predicted octanol–water partition coefficient (Wildman–Crippen LogP) is 3.39. The van der Waals surface area contributed by atoms with Gasteiger partial charge in [0.25, 0.3) is 0 Å². The Morgan fingerprint density at radius 1 is 1.09 bits per heavy atom. The van der Waals surface area contributed by atoms with E-state index >= 15 is 0 Å². The van der Waals surface area contributed by atoms with Gasteiger partial charge < -0.3 is 19.1 Å². The lowest BCUT2D eigenvalue weighted by Crippen LogP contribution is -2.46. The number of ether oxygens (including phenoxy) is 3. The molecule has 1 aromatic rings. The van der Waals surface area contributed by atoms with Crippen molar-refractivity contribution in [2.24, 2.45) is 0 Å². The Hall–Kier alpha value is -0.760. The van der Waals surface area contributed by atoms with Crippen LogP contribution in [0.4, 0.5) is 14.5 Å². The predicted molar refractivity (Wildman–Crippen MR) is 80.9 cm³/mol. The molecule has 0 bridgehead atoms. The summed E-state index contributed by atoms with van der Waals surface area (Å²) in [6.45, 7) is 5.69. The summed E-state index contributed by atoms with van der Waals surface area (Å²) in [7, 11) is 0. The molecule has 2 saturated heterocycles. The van der Waals surface area contributed by atoms with Crippen LogP contribution in [-0.4, -0.2) is 38.5 Å². The lowest BCUT2D eigenvalue weighted by atomic mass is 10.1. The lowest BCUT2D eigenvalue weighted by molar-refractivity contribution is -0.0447. The van der Waals surface area contributed by atoms with Crippen LogP contribution in [0.3, 0.4) is 0 Å². The van der Waals surface area contributed by atoms with E-state index in [9.17, 15) is 8.78 Å². The highest BCUT2D eigenvalue weighted by atomic mass is 79.9. The van der Waals surface area contributed by atoms with Gasteiger partial charge in [0.15, 0.2) is 17.9 Å². The van der Waals surface area contributed by atoms with Crippen LogP contribution in [0.2, 0.25) is 0 Å². The summed E-state index contributed by atoms with van der Waals surface area (Å²) in [5.74, 6) is -1.78. The van der Waals surface area contributed by atoms with Gasteiger partial charge in [-0.3, -0.25) is 0 Å². The van der Waals surface area contributed by atoms with Crippen molar-refractivity contribution in [3.63, 3.8) is 0 Å². The minimum atomic E-state index is -0.899. The molecule has 2 atom stereocenters. The van der Waals surface area contributed by atoms with Crippen LogP contribution in [0.5, 0.6) is 0 Å². The van der Waals surface area contributed by atoms with Crippen LogP contribution in [0.15, 0.2) is 10.5 Å². The Balaban J connectivity index is 2.05. The molecule has 0 amide bonds. The van der Waals surface area contributed by atoms with Gasteiger partial charge in [-0.2, -0.15) is 0 Å². The van der Waals surface area contributed by atoms with E-state index in [1.165, 1.54) is 6.07 Å². The molecule has 0 radical (unpaired) electrons. The van der Waals surface area contributed by atoms with Crippen molar-refractivity contribution in [2.45, 2.75) is 32.3 Å². The lowest BCUT2D eigenvalue weighted by Gasteiger charge is -2.38. The molecule has 0 aromatic heterocycles. The molecule has 22 heavy (non-hydrogen) atoms. The summed E-state index contributed by atoms with van der Waals surface area (Å²) in [5, 5.41) is 0. The highest BCUT2D eigenvalue weighted by Crippen LogP contribution is 2.39. The first-order valence-corrected chi connectivity index (χ1v) is 8.07. The number of benzene rings is 1. The molecule has 1 aromatic carbocycles. The fraction of sp³-hybridized carbons (Fsp3) is 0.600. The third kappa shape index (κ3) is 2.99. The maximum atomic E-state index is 14.6. The van der Waals surface area contributed by atoms with E-state index in [1.807, 2.05) is 18.7 Å². The highest BCUT2D eigenvalue weighted by Gasteiger charge is 2.32. The molecule has 2 aliphatic heterocycles. The Labute approximate surface area is 136 Å². The minimum absolute atomic E-state index is 0.0619. The number of anilines is 1. The van der Waals surface area contributed by atoms with E-state index in [1.54, 1.807) is 0 Å². The summed E-state index contributed by atoms with van der Waals surface area (Å²) in [4.78, 5) is 1.81. The Kier molecular flexibility index (Phi) is 4.68. The first kappa shape index (κ1) is 16.1. The Bertz CT molecular complexity index is 556. The van der Waals surface area contributed by atoms with E-state index in [0.717, 1.165) is 0 Å². The molecule has 0 spiro atoms. The molecule has 2 fully saturated rings. The summed E-state index contributed by atoms with van der Waals surface area (Å²) in [6, 6.07) is 1.54. The molecule has 2 aliphatic rings. The molecule has 0 aliphatic carbocycles. The van der Waals surface area contributed by atoms with Crippen molar-refractivity contribution in [1.82, 2.24) is 0 Å². The second kappa shape index (κ2) is 6.39. The number of morpholine rings is 1. The molecular formula is C15H18BrF2NO3. The zero-order valence-corrected chi connectivity index (χ0v) is 14.0. The zero-order chi connectivity index (χ0) is 15.9. The first-order chi connectivity index (χ1) is 10.5. The van der Waals surface area contributed by atoms with Crippen LogP contribution in [0, 0.1) is 11.6 Å². The molecule has 3 rings (SSSR count). The zero-order valence-electron chi connectivity index (χ0n) is 12.4. The number of hydrogen-bond donors (Lipinski definition) is 0. The van der Waals surface area contributed by atoms with Gasteiger partial charge in [0.1, 0.15) is 0 Å². The number of halogens is 3. The van der Waals surface area contributed by atoms with Crippen LogP contribution >= 0.6 is 15.9 Å². The molecule has 0 N–H and O–H groups in total. The average molecular weight is 378 g/mol. The summed E-state index contributed by atoms with van der Waals surface area (Å²) in [5.41, 5.74) is 0.708. The molecular weight excluding hydrogens is 360 g/mol. The molecule has 4 nitrogen and oxygen atoms in total. The van der Waals surface area contributed by atoms with Gasteiger partial charge in [-0.15, -0.1) is 0 Å². The van der Waals surface area contributed by atoms with E-state index in [2.05, 4.69) is 15.9 Å². The Morgan fingerprint density at radius 2 is 1.68 bits per heavy atom. The van der Waals surface area contributed by atoms with Gasteiger partial charge in [0.05, 0.1) is 35.6 Å². The monoisotopic (exact) mass is 377 g/mol. The Morgan fingerprint density at radius 3 is 2.27 bits per heavy atom. The fourth-order valence-electron chi connectivity index (χ4n) is 3.00. The molecule has 0 unspecified atom stereocenters. The quantitative estimate of drug-likeness (QED) is 0.739. The van der Waals surface area contributed by atoms with Crippen molar-refractivity contribution in [2.75, 3.05) is 31.2 Å². The third-order valence-electron chi connectivity index (χ3n) is 3.78. The standard InChI is InChI=1S/C15H18BrF2NO3/c1-8-6-19(7-9(2)22-8)14-10(15-20-3-4-21-15)5-11(16)12(17)13(14)18/h5,8-9,15H,3-4,6-7H2,1-2H3/t8-,9+. The van der Waals surface area contributed by atoms with Crippen LogP contribution in [-0.2, 0) is 14.2 Å². The molecule has 7 heteroatoms. The van der Waals surface area contributed by atoms with Gasteiger partial charge in [-0.25, -0.2) is 8.78 Å². The van der Waals surface area contributed by atoms with Crippen molar-refractivity contribution < 1.29 is 23.0 Å². The van der Waals surface area contributed by atoms with Crippen LogP contribution in [0.1, 0.15) is 25.7 Å². The van der Waals surface area contributed by atoms with Gasteiger partial charge in [-0.05, 0) is 35.8 Å². The van der Waals surface area contributed by atoms with Crippen molar-refractivity contribution >= 4 is 21.6 Å². The van der Waals surface area contributed by atoms with Crippen molar-refractivity contribution in [3.05, 3.63) is 27.7 Å². The van der Waals surface area contributed by atoms with Crippen LogP contribution in [0.25, 0.3) is 0 Å². The third-order valence-corrected chi connectivity index (χ3v) is 4.35. The number of rotatable bonds is 2. The SMILES string of the molecule is C[C@@H]1CN(c2c(C3OCCO3)cc(Br)c(F)c2F)C[C@H](C)O1. The maximum absolute atomic E-state index is 14.6. The second-order valence-electron chi connectivity index (χ2n) is 5.66. The maximum Gasteiger partial charge on any atom is 0.186 e. The smallest absolute Gasteiger partial charge is 0.186 e. The number of hydrogen-bond acceptors (Lipinski definition) is 4. The van der Waals surface area contributed by atoms with E-state index < -0.39 is 17.9 Å². The molecule has 122 valence electrons. The topological polar surface area (TPSA) is 30.9 Å². The first-order valence-electron chi connectivity index (χ1n) is 7.28. The van der Waals surface area contributed by atoms with Crippen molar-refractivity contribution in [3.8, 4) is 0 Å². The minimum Gasteiger partial charge on any atom is -0.372 e. The van der Waals surface area contributed by atoms with Crippen LogP contribution < -0.4 is 4.90 Å². The van der Waals surface area contributed by atoms with Gasteiger partial charge in [0.2, 0.25) is 0 Å². The average Bonchev–Trinajstić information content (AvgIpc) is 2.97.